The molecule has 0 saturated carbocycles. The van der Waals surface area contributed by atoms with Gasteiger partial charge in [-0.1, -0.05) is 18.2 Å². The maximum Gasteiger partial charge on any atom is 0.262 e. The molecule has 7 heteroatoms. The second kappa shape index (κ2) is 9.01. The first kappa shape index (κ1) is 20.1. The predicted molar refractivity (Wildman–Crippen MR) is 115 cm³/mol. The van der Waals surface area contributed by atoms with E-state index in [9.17, 15) is 9.59 Å². The van der Waals surface area contributed by atoms with E-state index >= 15 is 0 Å². The molecule has 1 amide bonds. The number of aryl methyl sites for hydroxylation is 2. The first-order chi connectivity index (χ1) is 13.5. The van der Waals surface area contributed by atoms with Crippen molar-refractivity contribution in [1.29, 1.82) is 0 Å². The molecule has 0 spiro atoms. The van der Waals surface area contributed by atoms with Crippen molar-refractivity contribution in [3.63, 3.8) is 0 Å². The van der Waals surface area contributed by atoms with E-state index in [2.05, 4.69) is 34.3 Å². The van der Waals surface area contributed by atoms with Gasteiger partial charge in [-0.3, -0.25) is 14.2 Å². The lowest BCUT2D eigenvalue weighted by Gasteiger charge is -2.23. The van der Waals surface area contributed by atoms with Gasteiger partial charge in [0.25, 0.3) is 5.56 Å². The third-order valence-corrected chi connectivity index (χ3v) is 6.02. The highest BCUT2D eigenvalue weighted by Crippen LogP contribution is 2.25. The van der Waals surface area contributed by atoms with Crippen LogP contribution in [0.1, 0.15) is 23.8 Å². The number of benzene rings is 1. The number of para-hydroxylation sites is 1. The van der Waals surface area contributed by atoms with Crippen LogP contribution in [0.3, 0.4) is 0 Å². The van der Waals surface area contributed by atoms with Crippen LogP contribution in [0.4, 0.5) is 5.69 Å². The summed E-state index contributed by atoms with van der Waals surface area (Å²) in [6.07, 6.45) is 2.30. The molecule has 0 fully saturated rings. The molecular formula is C21H26N4O2S. The Hall–Kier alpha value is -2.67. The number of carbonyl (C=O) groups is 1. The molecule has 6 nitrogen and oxygen atoms in total. The van der Waals surface area contributed by atoms with Crippen molar-refractivity contribution < 1.29 is 4.79 Å². The van der Waals surface area contributed by atoms with Crippen LogP contribution in [0.25, 0.3) is 10.2 Å². The highest BCUT2D eigenvalue weighted by atomic mass is 32.1. The molecule has 3 aromatic rings. The molecule has 1 aromatic carbocycles. The first-order valence-electron chi connectivity index (χ1n) is 9.53. The van der Waals surface area contributed by atoms with Gasteiger partial charge in [0, 0.05) is 30.2 Å². The number of nitrogens with one attached hydrogen (secondary N) is 1. The van der Waals surface area contributed by atoms with E-state index in [0.717, 1.165) is 34.8 Å². The molecule has 0 atom stereocenters. The molecule has 0 aliphatic heterocycles. The number of carbonyl (C=O) groups excluding carboxylic acids is 1. The minimum atomic E-state index is -0.171. The number of hydrogen-bond donors (Lipinski definition) is 1. The van der Waals surface area contributed by atoms with E-state index in [0.29, 0.717) is 11.9 Å². The fourth-order valence-electron chi connectivity index (χ4n) is 3.20. The highest BCUT2D eigenvalue weighted by Gasteiger charge is 2.13. The Morgan fingerprint density at radius 1 is 1.25 bits per heavy atom. The van der Waals surface area contributed by atoms with Crippen LogP contribution in [0.2, 0.25) is 0 Å². The van der Waals surface area contributed by atoms with E-state index in [4.69, 9.17) is 0 Å². The molecule has 2 aromatic heterocycles. The maximum absolute atomic E-state index is 12.7. The van der Waals surface area contributed by atoms with Crippen molar-refractivity contribution in [2.45, 2.75) is 33.7 Å². The summed E-state index contributed by atoms with van der Waals surface area (Å²) in [5.74, 6) is -0.171. The van der Waals surface area contributed by atoms with E-state index in [1.165, 1.54) is 27.9 Å². The molecule has 0 saturated heterocycles. The van der Waals surface area contributed by atoms with Crippen LogP contribution in [0, 0.1) is 13.8 Å². The molecule has 0 aliphatic carbocycles. The zero-order valence-corrected chi connectivity index (χ0v) is 17.4. The van der Waals surface area contributed by atoms with Crippen molar-refractivity contribution >= 4 is 33.1 Å². The third-order valence-electron chi connectivity index (χ3n) is 4.90. The number of rotatable bonds is 8. The standard InChI is InChI=1S/C21H26N4O2S/c1-4-24(17-9-6-5-7-10-17)12-8-11-22-18(26)13-25-14-23-20-19(21(25)27)15(2)16(3)28-20/h5-7,9-10,14H,4,8,11-13H2,1-3H3,(H,22,26). The van der Waals surface area contributed by atoms with Gasteiger partial charge in [0.15, 0.2) is 0 Å². The van der Waals surface area contributed by atoms with Gasteiger partial charge in [0.1, 0.15) is 11.4 Å². The maximum atomic E-state index is 12.7. The fourth-order valence-corrected chi connectivity index (χ4v) is 4.19. The topological polar surface area (TPSA) is 67.2 Å². The van der Waals surface area contributed by atoms with Crippen molar-refractivity contribution in [2.24, 2.45) is 0 Å². The van der Waals surface area contributed by atoms with Gasteiger partial charge in [0.2, 0.25) is 5.91 Å². The molecule has 0 unspecified atom stereocenters. The second-order valence-corrected chi connectivity index (χ2v) is 7.96. The summed E-state index contributed by atoms with van der Waals surface area (Å²) in [6, 6.07) is 10.2. The van der Waals surface area contributed by atoms with Gasteiger partial charge in [0.05, 0.1) is 11.7 Å². The van der Waals surface area contributed by atoms with Crippen LogP contribution >= 0.6 is 11.3 Å². The van der Waals surface area contributed by atoms with Crippen LogP contribution in [0.15, 0.2) is 41.5 Å². The quantitative estimate of drug-likeness (QED) is 0.592. The lowest BCUT2D eigenvalue weighted by molar-refractivity contribution is -0.121. The molecule has 28 heavy (non-hydrogen) atoms. The van der Waals surface area contributed by atoms with E-state index in [-0.39, 0.29) is 18.0 Å². The number of aromatic nitrogens is 2. The average Bonchev–Trinajstić information content (AvgIpc) is 2.99. The molecule has 3 rings (SSSR count). The van der Waals surface area contributed by atoms with Gasteiger partial charge in [-0.2, -0.15) is 0 Å². The number of thiophene rings is 1. The zero-order valence-electron chi connectivity index (χ0n) is 16.6. The van der Waals surface area contributed by atoms with Crippen LogP contribution in [-0.2, 0) is 11.3 Å². The van der Waals surface area contributed by atoms with Crippen molar-refractivity contribution in [1.82, 2.24) is 14.9 Å². The SMILES string of the molecule is CCN(CCCNC(=O)Cn1cnc2sc(C)c(C)c2c1=O)c1ccccc1. The number of hydrogen-bond acceptors (Lipinski definition) is 5. The molecule has 2 heterocycles. The van der Waals surface area contributed by atoms with Gasteiger partial charge in [-0.25, -0.2) is 4.98 Å². The third kappa shape index (κ3) is 4.42. The number of fused-ring (bicyclic) bond motifs is 1. The van der Waals surface area contributed by atoms with E-state index < -0.39 is 0 Å². The average molecular weight is 399 g/mol. The summed E-state index contributed by atoms with van der Waals surface area (Å²) in [5, 5.41) is 3.53. The monoisotopic (exact) mass is 398 g/mol. The molecule has 0 radical (unpaired) electrons. The molecule has 148 valence electrons. The van der Waals surface area contributed by atoms with Crippen molar-refractivity contribution in [3.8, 4) is 0 Å². The summed E-state index contributed by atoms with van der Waals surface area (Å²) in [6.45, 7) is 8.37. The van der Waals surface area contributed by atoms with E-state index in [1.807, 2.05) is 32.0 Å². The Labute approximate surface area is 168 Å². The smallest absolute Gasteiger partial charge is 0.262 e. The lowest BCUT2D eigenvalue weighted by Crippen LogP contribution is -2.34. The van der Waals surface area contributed by atoms with Crippen LogP contribution in [0.5, 0.6) is 0 Å². The largest absolute Gasteiger partial charge is 0.372 e. The zero-order chi connectivity index (χ0) is 20.1. The van der Waals surface area contributed by atoms with Gasteiger partial charge in [-0.15, -0.1) is 11.3 Å². The Morgan fingerprint density at radius 3 is 2.71 bits per heavy atom. The Bertz CT molecular complexity index is 1010. The van der Waals surface area contributed by atoms with Crippen LogP contribution < -0.4 is 15.8 Å². The van der Waals surface area contributed by atoms with Gasteiger partial charge < -0.3 is 10.2 Å². The predicted octanol–water partition coefficient (Wildman–Crippen LogP) is 3.11. The Balaban J connectivity index is 1.53. The van der Waals surface area contributed by atoms with Gasteiger partial charge >= 0.3 is 0 Å². The summed E-state index contributed by atoms with van der Waals surface area (Å²) >= 11 is 1.51. The highest BCUT2D eigenvalue weighted by molar-refractivity contribution is 7.18. The Morgan fingerprint density at radius 2 is 2.00 bits per heavy atom. The normalized spacial score (nSPS) is 11.0. The number of amides is 1. The van der Waals surface area contributed by atoms with Crippen molar-refractivity contribution in [2.75, 3.05) is 24.5 Å². The molecule has 0 bridgehead atoms. The second-order valence-electron chi connectivity index (χ2n) is 6.76. The van der Waals surface area contributed by atoms with E-state index in [1.54, 1.807) is 0 Å². The molecule has 0 aliphatic rings. The molecule has 1 N–H and O–H groups in total. The summed E-state index contributed by atoms with van der Waals surface area (Å²) < 4.78 is 1.39. The summed E-state index contributed by atoms with van der Waals surface area (Å²) in [4.78, 5) is 33.3. The van der Waals surface area contributed by atoms with Crippen LogP contribution in [-0.4, -0.2) is 35.1 Å². The molecular weight excluding hydrogens is 372 g/mol. The van der Waals surface area contributed by atoms with Gasteiger partial charge in [-0.05, 0) is 44.9 Å². The lowest BCUT2D eigenvalue weighted by atomic mass is 10.2. The number of anilines is 1. The van der Waals surface area contributed by atoms with Crippen molar-refractivity contribution in [3.05, 3.63) is 57.5 Å². The minimum absolute atomic E-state index is 0.00765. The summed E-state index contributed by atoms with van der Waals surface area (Å²) in [7, 11) is 0. The fraction of sp³-hybridized carbons (Fsp3) is 0.381. The Kier molecular flexibility index (Phi) is 6.46. The number of nitrogens with zero attached hydrogens (tertiary/aromatic N) is 3. The minimum Gasteiger partial charge on any atom is -0.372 e. The summed E-state index contributed by atoms with van der Waals surface area (Å²) in [5.41, 5.74) is 1.99. The first-order valence-corrected chi connectivity index (χ1v) is 10.3.